The number of carbonyl (C=O) groups is 1. The van der Waals surface area contributed by atoms with Crippen molar-refractivity contribution in [3.63, 3.8) is 0 Å². The first-order valence-electron chi connectivity index (χ1n) is 9.40. The lowest BCUT2D eigenvalue weighted by atomic mass is 9.97. The van der Waals surface area contributed by atoms with Gasteiger partial charge in [-0.15, -0.1) is 4.28 Å². The van der Waals surface area contributed by atoms with E-state index in [1.807, 2.05) is 0 Å². The maximum Gasteiger partial charge on any atom is 0.418 e. The highest BCUT2D eigenvalue weighted by atomic mass is 32.3. The van der Waals surface area contributed by atoms with Crippen LogP contribution in [0.1, 0.15) is 44.1 Å². The van der Waals surface area contributed by atoms with Crippen molar-refractivity contribution in [1.29, 1.82) is 0 Å². The number of nitrogens with zero attached hydrogens (tertiary/aromatic N) is 5. The predicted octanol–water partition coefficient (Wildman–Crippen LogP) is 1.54. The van der Waals surface area contributed by atoms with Gasteiger partial charge in [-0.3, -0.25) is 9.23 Å². The minimum Gasteiger partial charge on any atom is -0.453 e. The molecule has 2 N–H and O–H groups in total. The third-order valence-electron chi connectivity index (χ3n) is 5.90. The highest BCUT2D eigenvalue weighted by Gasteiger charge is 2.53. The van der Waals surface area contributed by atoms with Crippen LogP contribution in [0, 0.1) is 0 Å². The fourth-order valence-electron chi connectivity index (χ4n) is 3.24. The summed E-state index contributed by atoms with van der Waals surface area (Å²) in [5.41, 5.74) is 1.25. The number of aryl methyl sites for hydroxylation is 1. The van der Waals surface area contributed by atoms with Crippen molar-refractivity contribution in [2.45, 2.75) is 51.0 Å². The van der Waals surface area contributed by atoms with E-state index < -0.39 is 36.8 Å². The number of likely N-dealkylation sites (N-methyl/N-ethyl adjacent to an activating group) is 1. The van der Waals surface area contributed by atoms with E-state index in [-0.39, 0.29) is 11.6 Å². The monoisotopic (exact) mass is 460 g/mol. The van der Waals surface area contributed by atoms with Crippen molar-refractivity contribution >= 4 is 30.6 Å². The van der Waals surface area contributed by atoms with Gasteiger partial charge in [0.1, 0.15) is 12.1 Å². The fourth-order valence-corrected chi connectivity index (χ4v) is 4.21. The molecule has 1 saturated heterocycles. The Morgan fingerprint density at radius 3 is 2.57 bits per heavy atom. The van der Waals surface area contributed by atoms with Crippen molar-refractivity contribution < 1.29 is 26.6 Å². The van der Waals surface area contributed by atoms with Gasteiger partial charge in [0, 0.05) is 19.7 Å². The molecule has 2 aliphatic heterocycles. The lowest BCUT2D eigenvalue weighted by Gasteiger charge is -2.35. The van der Waals surface area contributed by atoms with Crippen LogP contribution in [0.4, 0.5) is 4.79 Å². The quantitative estimate of drug-likeness (QED) is 0.222. The van der Waals surface area contributed by atoms with Gasteiger partial charge in [0.05, 0.1) is 18.4 Å². The summed E-state index contributed by atoms with van der Waals surface area (Å²) in [7, 11) is -3.71. The molecule has 2 bridgehead atoms. The smallest absolute Gasteiger partial charge is 0.418 e. The highest BCUT2D eigenvalue weighted by molar-refractivity contribution is 7.80. The summed E-state index contributed by atoms with van der Waals surface area (Å²) < 4.78 is 43.8. The molecule has 3 rings (SSSR count). The van der Waals surface area contributed by atoms with Crippen molar-refractivity contribution in [2.75, 3.05) is 13.6 Å². The van der Waals surface area contributed by atoms with Crippen LogP contribution in [0.3, 0.4) is 0 Å². The molecule has 3 heterocycles. The Kier molecular flexibility index (Phi) is 5.41. The Hall–Kier alpha value is -2.16. The van der Waals surface area contributed by atoms with E-state index in [1.54, 1.807) is 25.0 Å². The summed E-state index contributed by atoms with van der Waals surface area (Å²) >= 11 is 0. The van der Waals surface area contributed by atoms with Gasteiger partial charge in [0.15, 0.2) is 5.84 Å². The Balaban J connectivity index is 2.04. The number of aromatic nitrogens is 2. The summed E-state index contributed by atoms with van der Waals surface area (Å²) in [5.74, 6) is 0.380. The van der Waals surface area contributed by atoms with Crippen molar-refractivity contribution in [2.24, 2.45) is 12.2 Å². The van der Waals surface area contributed by atoms with Crippen LogP contribution in [0.2, 0.25) is 18.1 Å². The van der Waals surface area contributed by atoms with Crippen molar-refractivity contribution in [3.8, 4) is 0 Å². The molecule has 0 aromatic carbocycles. The molecular formula is C16H28N6O6SSi. The molecule has 1 aromatic rings. The molecule has 2 amide bonds. The fraction of sp³-hybridized carbons (Fsp3) is 0.688. The predicted molar refractivity (Wildman–Crippen MR) is 110 cm³/mol. The topological polar surface area (TPSA) is 139 Å². The zero-order valence-corrected chi connectivity index (χ0v) is 19.9. The van der Waals surface area contributed by atoms with E-state index in [2.05, 4.69) is 53.7 Å². The number of fused-ring (bicyclic) bond motifs is 4. The Morgan fingerprint density at radius 2 is 2.03 bits per heavy atom. The zero-order chi connectivity index (χ0) is 22.6. The number of nitrogens with one attached hydrogen (secondary N) is 1. The molecule has 0 saturated carbocycles. The summed E-state index contributed by atoms with van der Waals surface area (Å²) in [6, 6.07) is -2.14. The summed E-state index contributed by atoms with van der Waals surface area (Å²) in [5, 5.41) is 12.2. The second kappa shape index (κ2) is 7.21. The first-order valence-corrected chi connectivity index (χ1v) is 13.7. The molecule has 1 aromatic heterocycles. The van der Waals surface area contributed by atoms with Gasteiger partial charge < -0.3 is 14.7 Å². The van der Waals surface area contributed by atoms with Crippen LogP contribution >= 0.6 is 0 Å². The first kappa shape index (κ1) is 22.5. The van der Waals surface area contributed by atoms with Gasteiger partial charge in [-0.1, -0.05) is 25.9 Å². The summed E-state index contributed by atoms with van der Waals surface area (Å²) in [6.45, 7) is 10.5. The minimum absolute atomic E-state index is 0.0751. The largest absolute Gasteiger partial charge is 0.453 e. The maximum atomic E-state index is 12.9. The minimum atomic E-state index is -4.88. The third kappa shape index (κ3) is 3.79. The van der Waals surface area contributed by atoms with Gasteiger partial charge in [0.25, 0.3) is 8.32 Å². The Labute approximate surface area is 176 Å². The molecule has 0 radical (unpaired) electrons. The SMILES string of the molecule is CN/C(=N\O[Si](C)(C)C(C)(C)C)[C@@H]1c2c(cnn2C)[C@@H]2CN1C(=O)N2OS(=O)(=O)O. The number of urea groups is 1. The molecule has 0 unspecified atom stereocenters. The molecule has 0 spiro atoms. The standard InChI is InChI=1S/C16H28N6O6SSi/c1-16(2,3)30(6,7)27-19-14(17-4)13-12-10(8-18-20(12)5)11-9-21(13)15(23)22(11)28-29(24,25)26/h8,11,13H,9H2,1-7H3,(H,17,19)(H,24,25,26)/t11-,13-/m0/s1. The molecule has 2 aliphatic rings. The number of hydroxylamine groups is 2. The van der Waals surface area contributed by atoms with Crippen LogP contribution in [0.25, 0.3) is 0 Å². The second-order valence-corrected chi connectivity index (χ2v) is 14.6. The summed E-state index contributed by atoms with van der Waals surface area (Å²) in [4.78, 5) is 14.3. The molecule has 0 aliphatic carbocycles. The number of hydrogen-bond acceptors (Lipinski definition) is 7. The molecule has 14 heteroatoms. The van der Waals surface area contributed by atoms with Crippen LogP contribution in [-0.4, -0.2) is 66.5 Å². The molecule has 1 fully saturated rings. The van der Waals surface area contributed by atoms with Crippen LogP contribution in [0.5, 0.6) is 0 Å². The van der Waals surface area contributed by atoms with E-state index >= 15 is 0 Å². The van der Waals surface area contributed by atoms with Gasteiger partial charge in [0.2, 0.25) is 0 Å². The number of hydrogen-bond donors (Lipinski definition) is 2. The highest BCUT2D eigenvalue weighted by Crippen LogP contribution is 2.44. The van der Waals surface area contributed by atoms with Crippen molar-refractivity contribution in [1.82, 2.24) is 25.1 Å². The van der Waals surface area contributed by atoms with E-state index in [0.717, 1.165) is 0 Å². The molecule has 168 valence electrons. The van der Waals surface area contributed by atoms with Gasteiger partial charge in [-0.05, 0) is 18.1 Å². The van der Waals surface area contributed by atoms with E-state index in [9.17, 15) is 13.2 Å². The van der Waals surface area contributed by atoms with E-state index in [0.29, 0.717) is 22.2 Å². The first-order chi connectivity index (χ1) is 13.7. The van der Waals surface area contributed by atoms with Crippen molar-refractivity contribution in [3.05, 3.63) is 17.5 Å². The lowest BCUT2D eigenvalue weighted by molar-refractivity contribution is -0.0316. The zero-order valence-electron chi connectivity index (χ0n) is 18.1. The van der Waals surface area contributed by atoms with E-state index in [1.165, 1.54) is 4.90 Å². The molecule has 30 heavy (non-hydrogen) atoms. The van der Waals surface area contributed by atoms with Gasteiger partial charge >= 0.3 is 16.4 Å². The summed E-state index contributed by atoms with van der Waals surface area (Å²) in [6.07, 6.45) is 1.55. The molecular weight excluding hydrogens is 432 g/mol. The Bertz CT molecular complexity index is 985. The average Bonchev–Trinajstić information content (AvgIpc) is 3.10. The second-order valence-electron chi connectivity index (χ2n) is 8.87. The number of rotatable bonds is 5. The van der Waals surface area contributed by atoms with Crippen LogP contribution < -0.4 is 5.32 Å². The lowest BCUT2D eigenvalue weighted by Crippen LogP contribution is -2.45. The van der Waals surface area contributed by atoms with Crippen LogP contribution in [0.15, 0.2) is 11.4 Å². The maximum absolute atomic E-state index is 12.9. The number of carbonyl (C=O) groups excluding carboxylic acids is 1. The van der Waals surface area contributed by atoms with Gasteiger partial charge in [-0.25, -0.2) is 4.79 Å². The number of amidine groups is 1. The van der Waals surface area contributed by atoms with Crippen LogP contribution in [-0.2, 0) is 26.3 Å². The average molecular weight is 461 g/mol. The van der Waals surface area contributed by atoms with Gasteiger partial charge in [-0.2, -0.15) is 18.6 Å². The molecule has 2 atom stereocenters. The number of oxime groups is 1. The third-order valence-corrected chi connectivity index (χ3v) is 10.4. The number of amides is 2. The van der Waals surface area contributed by atoms with E-state index in [4.69, 9.17) is 9.08 Å². The normalized spacial score (nSPS) is 22.4. The Morgan fingerprint density at radius 1 is 1.40 bits per heavy atom. The molecule has 12 nitrogen and oxygen atoms in total.